The Kier molecular flexibility index (Phi) is 4.43. The standard InChI is InChI=1S/C17H25N3O3/c1-17(2,3)23-16(21)20-11-13(12-20)14-10-18-5-4-15(14)19-6-8-22-9-7-19/h4-5,10,13H,6-9,11-12H2,1-3H3. The van der Waals surface area contributed by atoms with Gasteiger partial charge in [0.05, 0.1) is 13.2 Å². The number of aromatic nitrogens is 1. The molecule has 6 heteroatoms. The molecule has 0 bridgehead atoms. The van der Waals surface area contributed by atoms with Crippen LogP contribution in [0.5, 0.6) is 0 Å². The minimum absolute atomic E-state index is 0.231. The first-order valence-electron chi connectivity index (χ1n) is 8.18. The van der Waals surface area contributed by atoms with E-state index in [9.17, 15) is 4.79 Å². The summed E-state index contributed by atoms with van der Waals surface area (Å²) in [5.74, 6) is 0.328. The van der Waals surface area contributed by atoms with Gasteiger partial charge in [-0.15, -0.1) is 0 Å². The lowest BCUT2D eigenvalue weighted by atomic mass is 9.91. The summed E-state index contributed by atoms with van der Waals surface area (Å²) < 4.78 is 10.8. The van der Waals surface area contributed by atoms with Crippen molar-refractivity contribution in [3.05, 3.63) is 24.0 Å². The second-order valence-corrected chi connectivity index (χ2v) is 7.12. The van der Waals surface area contributed by atoms with Crippen molar-refractivity contribution in [1.29, 1.82) is 0 Å². The zero-order valence-electron chi connectivity index (χ0n) is 14.1. The third kappa shape index (κ3) is 3.75. The average Bonchev–Trinajstić information content (AvgIpc) is 2.45. The van der Waals surface area contributed by atoms with Gasteiger partial charge in [0.15, 0.2) is 0 Å². The second-order valence-electron chi connectivity index (χ2n) is 7.12. The Bertz CT molecular complexity index is 558. The third-order valence-electron chi connectivity index (χ3n) is 4.15. The third-order valence-corrected chi connectivity index (χ3v) is 4.15. The number of likely N-dealkylation sites (tertiary alicyclic amines) is 1. The number of hydrogen-bond acceptors (Lipinski definition) is 5. The lowest BCUT2D eigenvalue weighted by Crippen LogP contribution is -2.50. The molecule has 6 nitrogen and oxygen atoms in total. The van der Waals surface area contributed by atoms with Gasteiger partial charge >= 0.3 is 6.09 Å². The van der Waals surface area contributed by atoms with E-state index in [1.807, 2.05) is 33.2 Å². The molecule has 0 aliphatic carbocycles. The Morgan fingerprint density at radius 2 is 2.00 bits per heavy atom. The van der Waals surface area contributed by atoms with Gasteiger partial charge in [0.25, 0.3) is 0 Å². The first kappa shape index (κ1) is 16.1. The van der Waals surface area contributed by atoms with E-state index in [1.54, 1.807) is 4.90 Å². The molecule has 0 aromatic carbocycles. The number of hydrogen-bond donors (Lipinski definition) is 0. The summed E-state index contributed by atoms with van der Waals surface area (Å²) in [5, 5.41) is 0. The van der Waals surface area contributed by atoms with Gasteiger partial charge in [-0.3, -0.25) is 4.98 Å². The van der Waals surface area contributed by atoms with E-state index in [0.29, 0.717) is 19.0 Å². The SMILES string of the molecule is CC(C)(C)OC(=O)N1CC(c2cnccc2N2CCOCC2)C1. The molecule has 2 saturated heterocycles. The fourth-order valence-electron chi connectivity index (χ4n) is 2.96. The van der Waals surface area contributed by atoms with E-state index in [0.717, 1.165) is 26.3 Å². The van der Waals surface area contributed by atoms with Crippen LogP contribution in [-0.2, 0) is 9.47 Å². The Morgan fingerprint density at radius 1 is 1.30 bits per heavy atom. The number of carbonyl (C=O) groups excluding carboxylic acids is 1. The highest BCUT2D eigenvalue weighted by atomic mass is 16.6. The molecule has 2 aliphatic heterocycles. The van der Waals surface area contributed by atoms with Crippen LogP contribution in [0, 0.1) is 0 Å². The van der Waals surface area contributed by atoms with Crippen LogP contribution in [0.15, 0.2) is 18.5 Å². The van der Waals surface area contributed by atoms with Gasteiger partial charge in [0.2, 0.25) is 0 Å². The predicted molar refractivity (Wildman–Crippen MR) is 87.8 cm³/mol. The molecule has 0 saturated carbocycles. The quantitative estimate of drug-likeness (QED) is 0.837. The molecule has 0 radical (unpaired) electrons. The van der Waals surface area contributed by atoms with Crippen LogP contribution < -0.4 is 4.90 Å². The topological polar surface area (TPSA) is 54.9 Å². The zero-order valence-corrected chi connectivity index (χ0v) is 14.1. The lowest BCUT2D eigenvalue weighted by molar-refractivity contribution is 0.00818. The van der Waals surface area contributed by atoms with Crippen molar-refractivity contribution in [2.45, 2.75) is 32.3 Å². The Balaban J connectivity index is 1.64. The molecule has 126 valence electrons. The van der Waals surface area contributed by atoms with E-state index < -0.39 is 5.60 Å². The van der Waals surface area contributed by atoms with Crippen molar-refractivity contribution >= 4 is 11.8 Å². The van der Waals surface area contributed by atoms with Crippen molar-refractivity contribution in [1.82, 2.24) is 9.88 Å². The maximum Gasteiger partial charge on any atom is 0.410 e. The maximum atomic E-state index is 12.1. The van der Waals surface area contributed by atoms with E-state index >= 15 is 0 Å². The van der Waals surface area contributed by atoms with Crippen LogP contribution in [0.1, 0.15) is 32.3 Å². The summed E-state index contributed by atoms with van der Waals surface area (Å²) in [6.45, 7) is 10.4. The number of carbonyl (C=O) groups is 1. The summed E-state index contributed by atoms with van der Waals surface area (Å²) in [6.07, 6.45) is 3.53. The summed E-state index contributed by atoms with van der Waals surface area (Å²) in [4.78, 5) is 20.4. The molecule has 2 aliphatic rings. The van der Waals surface area contributed by atoms with E-state index in [1.165, 1.54) is 11.3 Å². The number of anilines is 1. The van der Waals surface area contributed by atoms with Gasteiger partial charge in [0.1, 0.15) is 5.60 Å². The highest BCUT2D eigenvalue weighted by Crippen LogP contribution is 2.34. The molecule has 0 atom stereocenters. The number of ether oxygens (including phenoxy) is 2. The summed E-state index contributed by atoms with van der Waals surface area (Å²) in [6, 6.07) is 2.07. The minimum atomic E-state index is -0.449. The van der Waals surface area contributed by atoms with Crippen LogP contribution in [0.25, 0.3) is 0 Å². The first-order chi connectivity index (χ1) is 10.9. The smallest absolute Gasteiger partial charge is 0.410 e. The molecule has 3 rings (SSSR count). The molecule has 1 aromatic rings. The van der Waals surface area contributed by atoms with Crippen molar-refractivity contribution in [2.24, 2.45) is 0 Å². The number of pyridine rings is 1. The van der Waals surface area contributed by atoms with Gasteiger partial charge in [-0.2, -0.15) is 0 Å². The van der Waals surface area contributed by atoms with Crippen molar-refractivity contribution in [2.75, 3.05) is 44.3 Å². The summed E-state index contributed by atoms with van der Waals surface area (Å²) in [5.41, 5.74) is 1.99. The van der Waals surface area contributed by atoms with Gasteiger partial charge in [0, 0.05) is 55.7 Å². The second kappa shape index (κ2) is 6.35. The molecule has 23 heavy (non-hydrogen) atoms. The first-order valence-corrected chi connectivity index (χ1v) is 8.18. The molecular weight excluding hydrogens is 294 g/mol. The lowest BCUT2D eigenvalue weighted by Gasteiger charge is -2.41. The van der Waals surface area contributed by atoms with Gasteiger partial charge in [-0.1, -0.05) is 0 Å². The van der Waals surface area contributed by atoms with E-state index in [-0.39, 0.29) is 6.09 Å². The fraction of sp³-hybridized carbons (Fsp3) is 0.647. The van der Waals surface area contributed by atoms with Crippen molar-refractivity contribution < 1.29 is 14.3 Å². The van der Waals surface area contributed by atoms with E-state index in [2.05, 4.69) is 16.0 Å². The molecule has 0 N–H and O–H groups in total. The van der Waals surface area contributed by atoms with Crippen molar-refractivity contribution in [3.63, 3.8) is 0 Å². The minimum Gasteiger partial charge on any atom is -0.444 e. The van der Waals surface area contributed by atoms with Gasteiger partial charge < -0.3 is 19.3 Å². The van der Waals surface area contributed by atoms with Crippen LogP contribution >= 0.6 is 0 Å². The zero-order chi connectivity index (χ0) is 16.4. The fourth-order valence-corrected chi connectivity index (χ4v) is 2.96. The summed E-state index contributed by atoms with van der Waals surface area (Å²) in [7, 11) is 0. The van der Waals surface area contributed by atoms with Gasteiger partial charge in [-0.25, -0.2) is 4.79 Å². The predicted octanol–water partition coefficient (Wildman–Crippen LogP) is 2.25. The number of morpholine rings is 1. The molecule has 3 heterocycles. The van der Waals surface area contributed by atoms with Crippen LogP contribution in [0.3, 0.4) is 0 Å². The highest BCUT2D eigenvalue weighted by Gasteiger charge is 2.36. The molecule has 2 fully saturated rings. The Hall–Kier alpha value is -1.82. The number of nitrogens with zero attached hydrogens (tertiary/aromatic N) is 3. The normalized spacial score (nSPS) is 19.4. The molecule has 0 unspecified atom stereocenters. The average molecular weight is 319 g/mol. The van der Waals surface area contributed by atoms with Crippen molar-refractivity contribution in [3.8, 4) is 0 Å². The summed E-state index contributed by atoms with van der Waals surface area (Å²) >= 11 is 0. The molecule has 0 spiro atoms. The largest absolute Gasteiger partial charge is 0.444 e. The van der Waals surface area contributed by atoms with Gasteiger partial charge in [-0.05, 0) is 26.8 Å². The van der Waals surface area contributed by atoms with Crippen LogP contribution in [0.4, 0.5) is 10.5 Å². The molecule has 1 amide bonds. The number of amides is 1. The highest BCUT2D eigenvalue weighted by molar-refractivity contribution is 5.70. The molecular formula is C17H25N3O3. The molecule has 1 aromatic heterocycles. The van der Waals surface area contributed by atoms with Crippen LogP contribution in [-0.4, -0.2) is 61.0 Å². The maximum absolute atomic E-state index is 12.1. The van der Waals surface area contributed by atoms with Crippen LogP contribution in [0.2, 0.25) is 0 Å². The number of rotatable bonds is 2. The Morgan fingerprint density at radius 3 is 2.65 bits per heavy atom. The monoisotopic (exact) mass is 319 g/mol. The Labute approximate surface area is 137 Å². The van der Waals surface area contributed by atoms with E-state index in [4.69, 9.17) is 9.47 Å².